The van der Waals surface area contributed by atoms with Crippen molar-refractivity contribution >= 4 is 0 Å². The van der Waals surface area contributed by atoms with E-state index in [9.17, 15) is 9.90 Å². The Morgan fingerprint density at radius 1 is 1.43 bits per heavy atom. The number of H-pyrrole nitrogens is 1. The Morgan fingerprint density at radius 2 is 2.29 bits per heavy atom. The molecule has 0 radical (unpaired) electrons. The smallest absolute Gasteiger partial charge is 0.290 e. The lowest BCUT2D eigenvalue weighted by atomic mass is 9.99. The van der Waals surface area contributed by atoms with Crippen LogP contribution in [0.15, 0.2) is 17.1 Å². The average molecular weight is 194 g/mol. The van der Waals surface area contributed by atoms with Gasteiger partial charge in [-0.05, 0) is 31.0 Å². The number of piperidine rings is 1. The maximum atomic E-state index is 10.9. The molecule has 1 atom stereocenters. The number of aromatic hydroxyl groups is 1. The molecule has 2 rings (SSSR count). The van der Waals surface area contributed by atoms with Gasteiger partial charge in [0.2, 0.25) is 0 Å². The van der Waals surface area contributed by atoms with Gasteiger partial charge in [0.25, 0.3) is 5.56 Å². The topological polar surface area (TPSA) is 65.1 Å². The molecule has 0 aliphatic carbocycles. The van der Waals surface area contributed by atoms with E-state index in [4.69, 9.17) is 0 Å². The zero-order chi connectivity index (χ0) is 9.97. The second-order valence-corrected chi connectivity index (χ2v) is 3.65. The third-order valence-corrected chi connectivity index (χ3v) is 2.62. The van der Waals surface area contributed by atoms with Crippen LogP contribution < -0.4 is 10.9 Å². The van der Waals surface area contributed by atoms with Crippen LogP contribution in [0, 0.1) is 0 Å². The van der Waals surface area contributed by atoms with Crippen molar-refractivity contribution in [3.8, 4) is 5.75 Å². The summed E-state index contributed by atoms with van der Waals surface area (Å²) in [6.07, 6.45) is 5.12. The van der Waals surface area contributed by atoms with Crippen molar-refractivity contribution in [2.45, 2.75) is 25.3 Å². The Morgan fingerprint density at radius 3 is 2.93 bits per heavy atom. The number of aromatic amines is 1. The molecular formula is C10H14N2O2. The van der Waals surface area contributed by atoms with E-state index in [0.29, 0.717) is 0 Å². The van der Waals surface area contributed by atoms with Crippen molar-refractivity contribution in [2.75, 3.05) is 6.54 Å². The Bertz CT molecular complexity index is 367. The first-order valence-corrected chi connectivity index (χ1v) is 4.92. The molecule has 1 saturated heterocycles. The Kier molecular flexibility index (Phi) is 2.54. The average Bonchev–Trinajstić information content (AvgIpc) is 2.23. The van der Waals surface area contributed by atoms with E-state index in [2.05, 4.69) is 10.3 Å². The fraction of sp³-hybridized carbons (Fsp3) is 0.500. The van der Waals surface area contributed by atoms with Crippen LogP contribution in [0.5, 0.6) is 5.75 Å². The monoisotopic (exact) mass is 194 g/mol. The molecule has 76 valence electrons. The van der Waals surface area contributed by atoms with Crippen molar-refractivity contribution in [1.29, 1.82) is 0 Å². The minimum absolute atomic E-state index is 0.199. The normalized spacial score (nSPS) is 22.1. The second kappa shape index (κ2) is 3.84. The van der Waals surface area contributed by atoms with Crippen LogP contribution in [-0.4, -0.2) is 16.6 Å². The number of aromatic nitrogens is 1. The molecule has 1 aliphatic heterocycles. The first-order chi connectivity index (χ1) is 6.77. The van der Waals surface area contributed by atoms with Crippen LogP contribution >= 0.6 is 0 Å². The zero-order valence-corrected chi connectivity index (χ0v) is 7.92. The summed E-state index contributed by atoms with van der Waals surface area (Å²) in [5.74, 6) is -0.199. The van der Waals surface area contributed by atoms with Crippen molar-refractivity contribution in [3.05, 3.63) is 28.2 Å². The van der Waals surface area contributed by atoms with Gasteiger partial charge in [-0.15, -0.1) is 0 Å². The maximum absolute atomic E-state index is 10.9. The summed E-state index contributed by atoms with van der Waals surface area (Å²) in [5.41, 5.74) is 0.534. The standard InChI is InChI=1S/C10H14N2O2/c13-9-5-7(6-12-10(9)14)8-3-1-2-4-11-8/h5-6,8,11,13H,1-4H2,(H,12,14)/t8-/m0/s1. The fourth-order valence-electron chi connectivity index (χ4n) is 1.83. The number of hydrogen-bond donors (Lipinski definition) is 3. The van der Waals surface area contributed by atoms with Gasteiger partial charge >= 0.3 is 0 Å². The second-order valence-electron chi connectivity index (χ2n) is 3.65. The molecule has 3 N–H and O–H groups in total. The van der Waals surface area contributed by atoms with Gasteiger partial charge in [-0.25, -0.2) is 0 Å². The number of nitrogens with one attached hydrogen (secondary N) is 2. The van der Waals surface area contributed by atoms with E-state index in [1.54, 1.807) is 12.3 Å². The van der Waals surface area contributed by atoms with Crippen LogP contribution in [0.25, 0.3) is 0 Å². The van der Waals surface area contributed by atoms with Gasteiger partial charge in [-0.3, -0.25) is 4.79 Å². The molecule has 1 aliphatic rings. The van der Waals surface area contributed by atoms with E-state index in [-0.39, 0.29) is 11.8 Å². The van der Waals surface area contributed by atoms with E-state index in [1.807, 2.05) is 0 Å². The fourth-order valence-corrected chi connectivity index (χ4v) is 1.83. The van der Waals surface area contributed by atoms with Gasteiger partial charge in [-0.2, -0.15) is 0 Å². The van der Waals surface area contributed by atoms with Crippen LogP contribution in [-0.2, 0) is 0 Å². The SMILES string of the molecule is O=c1[nH]cc([C@@H]2CCCCN2)cc1O. The maximum Gasteiger partial charge on any atom is 0.290 e. The van der Waals surface area contributed by atoms with Crippen LogP contribution in [0.1, 0.15) is 30.9 Å². The minimum atomic E-state index is -0.426. The molecule has 0 bridgehead atoms. The first kappa shape index (κ1) is 9.27. The highest BCUT2D eigenvalue weighted by molar-refractivity contribution is 5.25. The predicted molar refractivity (Wildman–Crippen MR) is 53.3 cm³/mol. The summed E-state index contributed by atoms with van der Waals surface area (Å²) >= 11 is 0. The van der Waals surface area contributed by atoms with Gasteiger partial charge in [0, 0.05) is 12.2 Å². The van der Waals surface area contributed by atoms with Gasteiger partial charge in [0.15, 0.2) is 5.75 Å². The molecule has 2 heterocycles. The molecule has 0 saturated carbocycles. The number of rotatable bonds is 1. The Balaban J connectivity index is 2.22. The van der Waals surface area contributed by atoms with Crippen LogP contribution in [0.4, 0.5) is 0 Å². The molecule has 0 unspecified atom stereocenters. The molecule has 4 nitrogen and oxygen atoms in total. The van der Waals surface area contributed by atoms with Gasteiger partial charge in [-0.1, -0.05) is 6.42 Å². The highest BCUT2D eigenvalue weighted by Gasteiger charge is 2.15. The molecule has 14 heavy (non-hydrogen) atoms. The van der Waals surface area contributed by atoms with Gasteiger partial charge in [0.1, 0.15) is 0 Å². The molecule has 1 fully saturated rings. The summed E-state index contributed by atoms with van der Waals surface area (Å²) in [4.78, 5) is 13.4. The summed E-state index contributed by atoms with van der Waals surface area (Å²) in [7, 11) is 0. The molecule has 1 aromatic rings. The van der Waals surface area contributed by atoms with Crippen LogP contribution in [0.3, 0.4) is 0 Å². The molecule has 0 amide bonds. The predicted octanol–water partition coefficient (Wildman–Crippen LogP) is 0.895. The van der Waals surface area contributed by atoms with Crippen molar-refractivity contribution in [1.82, 2.24) is 10.3 Å². The van der Waals surface area contributed by atoms with Gasteiger partial charge < -0.3 is 15.4 Å². The molecule has 4 heteroatoms. The third-order valence-electron chi connectivity index (χ3n) is 2.62. The van der Waals surface area contributed by atoms with E-state index in [1.165, 1.54) is 12.8 Å². The lowest BCUT2D eigenvalue weighted by Gasteiger charge is -2.23. The Labute approximate surface area is 82.0 Å². The zero-order valence-electron chi connectivity index (χ0n) is 7.92. The Hall–Kier alpha value is -1.29. The number of hydrogen-bond acceptors (Lipinski definition) is 3. The number of pyridine rings is 1. The summed E-state index contributed by atoms with van der Waals surface area (Å²) < 4.78 is 0. The highest BCUT2D eigenvalue weighted by Crippen LogP contribution is 2.22. The lowest BCUT2D eigenvalue weighted by molar-refractivity contribution is 0.407. The lowest BCUT2D eigenvalue weighted by Crippen LogP contribution is -2.27. The van der Waals surface area contributed by atoms with Crippen molar-refractivity contribution < 1.29 is 5.11 Å². The summed E-state index contributed by atoms with van der Waals surface area (Å²) in [5, 5.41) is 12.6. The minimum Gasteiger partial charge on any atom is -0.503 e. The molecule has 1 aromatic heterocycles. The molecule has 0 aromatic carbocycles. The van der Waals surface area contributed by atoms with E-state index < -0.39 is 5.56 Å². The highest BCUT2D eigenvalue weighted by atomic mass is 16.3. The van der Waals surface area contributed by atoms with E-state index in [0.717, 1.165) is 18.5 Å². The van der Waals surface area contributed by atoms with Gasteiger partial charge in [0.05, 0.1) is 0 Å². The third kappa shape index (κ3) is 1.80. The quantitative estimate of drug-likeness (QED) is 0.622. The largest absolute Gasteiger partial charge is 0.503 e. The van der Waals surface area contributed by atoms with Crippen molar-refractivity contribution in [2.24, 2.45) is 0 Å². The molecule has 0 spiro atoms. The van der Waals surface area contributed by atoms with Crippen molar-refractivity contribution in [3.63, 3.8) is 0 Å². The first-order valence-electron chi connectivity index (χ1n) is 4.92. The van der Waals surface area contributed by atoms with Crippen LogP contribution in [0.2, 0.25) is 0 Å². The summed E-state index contributed by atoms with van der Waals surface area (Å²) in [6.45, 7) is 1.00. The van der Waals surface area contributed by atoms with E-state index >= 15 is 0 Å². The molecular weight excluding hydrogens is 180 g/mol. The summed E-state index contributed by atoms with van der Waals surface area (Å²) in [6, 6.07) is 1.81.